The zero-order valence-electron chi connectivity index (χ0n) is 8.78. The smallest absolute Gasteiger partial charge is 0.166 e. The molecule has 0 spiro atoms. The second-order valence-electron chi connectivity index (χ2n) is 3.69. The van der Waals surface area contributed by atoms with Crippen molar-refractivity contribution in [2.45, 2.75) is 18.9 Å². The van der Waals surface area contributed by atoms with Gasteiger partial charge in [0.1, 0.15) is 6.10 Å². The number of thioether (sulfide) groups is 1. The third-order valence-corrected chi connectivity index (χ3v) is 3.57. The highest BCUT2D eigenvalue weighted by Crippen LogP contribution is 2.25. The van der Waals surface area contributed by atoms with E-state index in [4.69, 9.17) is 10.00 Å². The van der Waals surface area contributed by atoms with Gasteiger partial charge >= 0.3 is 0 Å². The van der Waals surface area contributed by atoms with Gasteiger partial charge in [-0.3, -0.25) is 0 Å². The number of halogens is 1. The number of rotatable bonds is 2. The van der Waals surface area contributed by atoms with Gasteiger partial charge in [0.25, 0.3) is 0 Å². The molecule has 0 amide bonds. The van der Waals surface area contributed by atoms with E-state index in [1.807, 2.05) is 17.8 Å². The molecule has 1 aromatic rings. The molecule has 0 aliphatic carbocycles. The first-order valence-electron chi connectivity index (χ1n) is 5.23. The molecule has 1 aliphatic rings. The second kappa shape index (κ2) is 5.22. The number of nitrogens with zero attached hydrogens (tertiary/aromatic N) is 1. The fourth-order valence-corrected chi connectivity index (χ4v) is 2.70. The van der Waals surface area contributed by atoms with E-state index in [9.17, 15) is 4.39 Å². The lowest BCUT2D eigenvalue weighted by molar-refractivity contribution is 0.184. The molecule has 1 aromatic carbocycles. The normalized spacial score (nSPS) is 16.8. The van der Waals surface area contributed by atoms with Gasteiger partial charge in [-0.25, -0.2) is 4.39 Å². The van der Waals surface area contributed by atoms with Crippen LogP contribution in [0.1, 0.15) is 18.4 Å². The largest absolute Gasteiger partial charge is 0.487 e. The Morgan fingerprint density at radius 2 is 2.12 bits per heavy atom. The molecule has 0 saturated carbocycles. The van der Waals surface area contributed by atoms with Crippen LogP contribution in [-0.4, -0.2) is 17.6 Å². The van der Waals surface area contributed by atoms with Crippen molar-refractivity contribution < 1.29 is 9.13 Å². The van der Waals surface area contributed by atoms with Gasteiger partial charge in [-0.1, -0.05) is 0 Å². The van der Waals surface area contributed by atoms with E-state index in [0.29, 0.717) is 5.56 Å². The summed E-state index contributed by atoms with van der Waals surface area (Å²) in [5.41, 5.74) is 0.323. The van der Waals surface area contributed by atoms with Gasteiger partial charge in [0.05, 0.1) is 11.6 Å². The molecule has 0 N–H and O–H groups in total. The van der Waals surface area contributed by atoms with Crippen molar-refractivity contribution in [2.75, 3.05) is 11.5 Å². The maximum absolute atomic E-state index is 13.5. The minimum Gasteiger partial charge on any atom is -0.487 e. The van der Waals surface area contributed by atoms with Crippen molar-refractivity contribution in [1.29, 1.82) is 5.26 Å². The van der Waals surface area contributed by atoms with Crippen molar-refractivity contribution in [3.63, 3.8) is 0 Å². The van der Waals surface area contributed by atoms with Gasteiger partial charge in [0, 0.05) is 0 Å². The van der Waals surface area contributed by atoms with Gasteiger partial charge < -0.3 is 4.74 Å². The summed E-state index contributed by atoms with van der Waals surface area (Å²) < 4.78 is 19.1. The van der Waals surface area contributed by atoms with Crippen LogP contribution in [0.4, 0.5) is 4.39 Å². The van der Waals surface area contributed by atoms with Crippen molar-refractivity contribution in [3.05, 3.63) is 29.6 Å². The van der Waals surface area contributed by atoms with Crippen LogP contribution >= 0.6 is 11.8 Å². The van der Waals surface area contributed by atoms with E-state index in [0.717, 1.165) is 24.3 Å². The van der Waals surface area contributed by atoms with Crippen LogP contribution in [0.5, 0.6) is 5.75 Å². The lowest BCUT2D eigenvalue weighted by Gasteiger charge is -2.22. The van der Waals surface area contributed by atoms with Crippen molar-refractivity contribution in [3.8, 4) is 11.8 Å². The van der Waals surface area contributed by atoms with Crippen LogP contribution in [-0.2, 0) is 0 Å². The molecule has 4 heteroatoms. The molecule has 0 bridgehead atoms. The van der Waals surface area contributed by atoms with Crippen LogP contribution in [0.2, 0.25) is 0 Å². The fourth-order valence-electron chi connectivity index (χ4n) is 1.64. The number of hydrogen-bond acceptors (Lipinski definition) is 3. The topological polar surface area (TPSA) is 33.0 Å². The Bertz CT molecular complexity index is 410. The lowest BCUT2D eigenvalue weighted by Crippen LogP contribution is -2.22. The van der Waals surface area contributed by atoms with Crippen molar-refractivity contribution >= 4 is 11.8 Å². The summed E-state index contributed by atoms with van der Waals surface area (Å²) in [6, 6.07) is 6.23. The highest BCUT2D eigenvalue weighted by molar-refractivity contribution is 7.99. The monoisotopic (exact) mass is 237 g/mol. The van der Waals surface area contributed by atoms with E-state index in [-0.39, 0.29) is 11.9 Å². The molecule has 2 rings (SSSR count). The third-order valence-electron chi connectivity index (χ3n) is 2.52. The predicted octanol–water partition coefficient (Wildman–Crippen LogP) is 2.97. The van der Waals surface area contributed by atoms with Crippen LogP contribution in [0.15, 0.2) is 18.2 Å². The molecular formula is C12H12FNOS. The molecule has 0 aromatic heterocycles. The fraction of sp³-hybridized carbons (Fsp3) is 0.417. The average molecular weight is 237 g/mol. The second-order valence-corrected chi connectivity index (χ2v) is 4.91. The summed E-state index contributed by atoms with van der Waals surface area (Å²) in [6.45, 7) is 0. The molecule has 1 heterocycles. The maximum atomic E-state index is 13.5. The SMILES string of the molecule is N#Cc1ccc(OC2CCSCC2)c(F)c1. The summed E-state index contributed by atoms with van der Waals surface area (Å²) in [7, 11) is 0. The molecule has 1 aliphatic heterocycles. The van der Waals surface area contributed by atoms with Crippen molar-refractivity contribution in [1.82, 2.24) is 0 Å². The molecule has 0 unspecified atom stereocenters. The van der Waals surface area contributed by atoms with Gasteiger partial charge in [0.2, 0.25) is 0 Å². The minimum absolute atomic E-state index is 0.115. The predicted molar refractivity (Wildman–Crippen MR) is 62.1 cm³/mol. The summed E-state index contributed by atoms with van der Waals surface area (Å²) in [5, 5.41) is 8.61. The van der Waals surface area contributed by atoms with Gasteiger partial charge in [0.15, 0.2) is 11.6 Å². The van der Waals surface area contributed by atoms with Gasteiger partial charge in [-0.05, 0) is 42.5 Å². The average Bonchev–Trinajstić information content (AvgIpc) is 2.33. The molecule has 0 radical (unpaired) electrons. The van der Waals surface area contributed by atoms with Crippen LogP contribution in [0.3, 0.4) is 0 Å². The Kier molecular flexibility index (Phi) is 3.68. The Morgan fingerprint density at radius 3 is 2.75 bits per heavy atom. The number of benzene rings is 1. The maximum Gasteiger partial charge on any atom is 0.166 e. The summed E-state index contributed by atoms with van der Waals surface area (Å²) in [5.74, 6) is 1.96. The summed E-state index contributed by atoms with van der Waals surface area (Å²) >= 11 is 1.90. The highest BCUT2D eigenvalue weighted by atomic mass is 32.2. The molecule has 1 saturated heterocycles. The first kappa shape index (κ1) is 11.3. The zero-order chi connectivity index (χ0) is 11.4. The van der Waals surface area contributed by atoms with Crippen LogP contribution in [0, 0.1) is 17.1 Å². The molecule has 84 valence electrons. The first-order valence-corrected chi connectivity index (χ1v) is 6.39. The van der Waals surface area contributed by atoms with E-state index < -0.39 is 5.82 Å². The van der Waals surface area contributed by atoms with E-state index in [1.54, 1.807) is 6.07 Å². The number of hydrogen-bond donors (Lipinski definition) is 0. The minimum atomic E-state index is -0.447. The zero-order valence-corrected chi connectivity index (χ0v) is 9.60. The van der Waals surface area contributed by atoms with Crippen molar-refractivity contribution in [2.24, 2.45) is 0 Å². The Hall–Kier alpha value is -1.21. The Morgan fingerprint density at radius 1 is 1.38 bits per heavy atom. The van der Waals surface area contributed by atoms with Gasteiger partial charge in [-0.2, -0.15) is 17.0 Å². The van der Waals surface area contributed by atoms with Gasteiger partial charge in [-0.15, -0.1) is 0 Å². The molecule has 0 atom stereocenters. The Balaban J connectivity index is 2.06. The molecular weight excluding hydrogens is 225 g/mol. The molecule has 2 nitrogen and oxygen atoms in total. The highest BCUT2D eigenvalue weighted by Gasteiger charge is 2.16. The number of nitriles is 1. The number of ether oxygens (including phenoxy) is 1. The molecule has 16 heavy (non-hydrogen) atoms. The third kappa shape index (κ3) is 2.67. The van der Waals surface area contributed by atoms with E-state index in [1.165, 1.54) is 12.1 Å². The summed E-state index contributed by atoms with van der Waals surface area (Å²) in [6.07, 6.45) is 2.04. The molecule has 1 fully saturated rings. The van der Waals surface area contributed by atoms with E-state index in [2.05, 4.69) is 0 Å². The standard InChI is InChI=1S/C12H12FNOS/c13-11-7-9(8-14)1-2-12(11)15-10-3-5-16-6-4-10/h1-2,7,10H,3-6H2. The Labute approximate surface area is 98.4 Å². The van der Waals surface area contributed by atoms with Crippen LogP contribution in [0.25, 0.3) is 0 Å². The lowest BCUT2D eigenvalue weighted by atomic mass is 10.2. The van der Waals surface area contributed by atoms with Crippen LogP contribution < -0.4 is 4.74 Å². The summed E-state index contributed by atoms with van der Waals surface area (Å²) in [4.78, 5) is 0. The first-order chi connectivity index (χ1) is 7.79. The van der Waals surface area contributed by atoms with E-state index >= 15 is 0 Å². The quantitative estimate of drug-likeness (QED) is 0.792.